The number of hydrogen-bond donors (Lipinski definition) is 3. The van der Waals surface area contributed by atoms with Crippen molar-refractivity contribution >= 4 is 5.91 Å². The summed E-state index contributed by atoms with van der Waals surface area (Å²) in [6.07, 6.45) is 3.54. The summed E-state index contributed by atoms with van der Waals surface area (Å²) in [7, 11) is 0. The van der Waals surface area contributed by atoms with Crippen LogP contribution in [0.2, 0.25) is 0 Å². The molecule has 1 atom stereocenters. The zero-order valence-electron chi connectivity index (χ0n) is 8.05. The Kier molecular flexibility index (Phi) is 2.84. The summed E-state index contributed by atoms with van der Waals surface area (Å²) in [6.45, 7) is 1.68. The molecule has 3 N–H and O–H groups in total. The average Bonchev–Trinajstić information content (AvgIpc) is 2.77. The van der Waals surface area contributed by atoms with Gasteiger partial charge in [-0.1, -0.05) is 0 Å². The molecule has 1 fully saturated rings. The SMILES string of the molecule is O=C1CCC(CNCc2ccc[nH]2)N1. The number of H-pyrrole nitrogens is 1. The van der Waals surface area contributed by atoms with Crippen LogP contribution >= 0.6 is 0 Å². The van der Waals surface area contributed by atoms with Crippen molar-refractivity contribution in [2.45, 2.75) is 25.4 Å². The van der Waals surface area contributed by atoms with Gasteiger partial charge in [-0.25, -0.2) is 0 Å². The molecule has 2 heterocycles. The second-order valence-electron chi connectivity index (χ2n) is 3.63. The van der Waals surface area contributed by atoms with E-state index in [0.717, 1.165) is 19.5 Å². The molecule has 2 rings (SSSR count). The van der Waals surface area contributed by atoms with E-state index in [1.165, 1.54) is 5.69 Å². The fraction of sp³-hybridized carbons (Fsp3) is 0.500. The molecule has 0 spiro atoms. The molecule has 4 heteroatoms. The van der Waals surface area contributed by atoms with Gasteiger partial charge in [-0.15, -0.1) is 0 Å². The van der Waals surface area contributed by atoms with Crippen LogP contribution in [0.4, 0.5) is 0 Å². The predicted octanol–water partition coefficient (Wildman–Crippen LogP) is 0.383. The first kappa shape index (κ1) is 9.27. The molecule has 0 saturated carbocycles. The fourth-order valence-corrected chi connectivity index (χ4v) is 1.69. The largest absolute Gasteiger partial charge is 0.364 e. The second-order valence-corrected chi connectivity index (χ2v) is 3.63. The van der Waals surface area contributed by atoms with Gasteiger partial charge in [0.05, 0.1) is 0 Å². The molecule has 1 aliphatic heterocycles. The molecule has 1 unspecified atom stereocenters. The van der Waals surface area contributed by atoms with Gasteiger partial charge in [0.2, 0.25) is 5.91 Å². The van der Waals surface area contributed by atoms with E-state index in [1.54, 1.807) is 0 Å². The minimum Gasteiger partial charge on any atom is -0.364 e. The number of amides is 1. The van der Waals surface area contributed by atoms with Crippen LogP contribution in [0.15, 0.2) is 18.3 Å². The fourth-order valence-electron chi connectivity index (χ4n) is 1.69. The van der Waals surface area contributed by atoms with Gasteiger partial charge in [-0.3, -0.25) is 4.79 Å². The quantitative estimate of drug-likeness (QED) is 0.647. The van der Waals surface area contributed by atoms with Crippen LogP contribution in [-0.2, 0) is 11.3 Å². The molecule has 4 nitrogen and oxygen atoms in total. The van der Waals surface area contributed by atoms with Crippen molar-refractivity contribution in [3.63, 3.8) is 0 Å². The monoisotopic (exact) mass is 193 g/mol. The number of aromatic amines is 1. The average molecular weight is 193 g/mol. The maximum atomic E-state index is 10.9. The van der Waals surface area contributed by atoms with Gasteiger partial charge in [0.15, 0.2) is 0 Å². The first-order valence-electron chi connectivity index (χ1n) is 4.97. The van der Waals surface area contributed by atoms with E-state index in [-0.39, 0.29) is 5.91 Å². The van der Waals surface area contributed by atoms with E-state index in [1.807, 2.05) is 18.3 Å². The Bertz CT molecular complexity index is 294. The molecule has 0 bridgehead atoms. The summed E-state index contributed by atoms with van der Waals surface area (Å²) in [6, 6.07) is 4.34. The van der Waals surface area contributed by atoms with Crippen LogP contribution in [0.25, 0.3) is 0 Å². The van der Waals surface area contributed by atoms with Crippen molar-refractivity contribution in [2.75, 3.05) is 6.54 Å². The number of rotatable bonds is 4. The normalized spacial score (nSPS) is 21.1. The van der Waals surface area contributed by atoms with Crippen LogP contribution in [-0.4, -0.2) is 23.5 Å². The van der Waals surface area contributed by atoms with Crippen molar-refractivity contribution in [1.29, 1.82) is 0 Å². The lowest BCUT2D eigenvalue weighted by atomic mass is 10.2. The molecule has 1 aromatic heterocycles. The molecule has 76 valence electrons. The first-order chi connectivity index (χ1) is 6.84. The molecule has 1 saturated heterocycles. The molecular formula is C10H15N3O. The van der Waals surface area contributed by atoms with E-state index in [4.69, 9.17) is 0 Å². The van der Waals surface area contributed by atoms with Gasteiger partial charge in [-0.2, -0.15) is 0 Å². The minimum atomic E-state index is 0.177. The van der Waals surface area contributed by atoms with Gasteiger partial charge in [0.25, 0.3) is 0 Å². The molecular weight excluding hydrogens is 178 g/mol. The van der Waals surface area contributed by atoms with Gasteiger partial charge >= 0.3 is 0 Å². The predicted molar refractivity (Wildman–Crippen MR) is 53.7 cm³/mol. The highest BCUT2D eigenvalue weighted by molar-refractivity contribution is 5.78. The molecule has 0 aromatic carbocycles. The Hall–Kier alpha value is -1.29. The van der Waals surface area contributed by atoms with Gasteiger partial charge in [0, 0.05) is 37.4 Å². The molecule has 14 heavy (non-hydrogen) atoms. The zero-order chi connectivity index (χ0) is 9.80. The number of hydrogen-bond acceptors (Lipinski definition) is 2. The summed E-state index contributed by atoms with van der Waals surface area (Å²) in [5, 5.41) is 6.23. The third-order valence-electron chi connectivity index (χ3n) is 2.45. The van der Waals surface area contributed by atoms with Crippen molar-refractivity contribution in [3.8, 4) is 0 Å². The highest BCUT2D eigenvalue weighted by atomic mass is 16.1. The second kappa shape index (κ2) is 4.28. The Balaban J connectivity index is 1.66. The van der Waals surface area contributed by atoms with Crippen LogP contribution in [0.1, 0.15) is 18.5 Å². The summed E-state index contributed by atoms with van der Waals surface area (Å²) in [5.41, 5.74) is 1.18. The minimum absolute atomic E-state index is 0.177. The van der Waals surface area contributed by atoms with Crippen LogP contribution < -0.4 is 10.6 Å². The van der Waals surface area contributed by atoms with Crippen LogP contribution in [0.3, 0.4) is 0 Å². The van der Waals surface area contributed by atoms with Crippen molar-refractivity contribution in [3.05, 3.63) is 24.0 Å². The summed E-state index contributed by atoms with van der Waals surface area (Å²) >= 11 is 0. The Labute approximate surface area is 83.1 Å². The molecule has 0 radical (unpaired) electrons. The summed E-state index contributed by atoms with van der Waals surface area (Å²) in [5.74, 6) is 0.177. The Morgan fingerprint density at radius 3 is 3.14 bits per heavy atom. The molecule has 1 aliphatic rings. The van der Waals surface area contributed by atoms with E-state index >= 15 is 0 Å². The molecule has 1 aromatic rings. The van der Waals surface area contributed by atoms with Crippen LogP contribution in [0.5, 0.6) is 0 Å². The first-order valence-corrected chi connectivity index (χ1v) is 4.97. The smallest absolute Gasteiger partial charge is 0.220 e. The van der Waals surface area contributed by atoms with Gasteiger partial charge in [0.1, 0.15) is 0 Å². The van der Waals surface area contributed by atoms with E-state index in [2.05, 4.69) is 15.6 Å². The maximum Gasteiger partial charge on any atom is 0.220 e. The van der Waals surface area contributed by atoms with Crippen molar-refractivity contribution < 1.29 is 4.79 Å². The number of nitrogens with one attached hydrogen (secondary N) is 3. The Morgan fingerprint density at radius 1 is 1.57 bits per heavy atom. The highest BCUT2D eigenvalue weighted by Crippen LogP contribution is 2.05. The lowest BCUT2D eigenvalue weighted by molar-refractivity contribution is -0.119. The van der Waals surface area contributed by atoms with Crippen LogP contribution in [0, 0.1) is 0 Å². The Morgan fingerprint density at radius 2 is 2.50 bits per heavy atom. The third-order valence-corrected chi connectivity index (χ3v) is 2.45. The van der Waals surface area contributed by atoms with E-state index < -0.39 is 0 Å². The number of carbonyl (C=O) groups is 1. The number of carbonyl (C=O) groups excluding carboxylic acids is 1. The lowest BCUT2D eigenvalue weighted by Gasteiger charge is -2.10. The van der Waals surface area contributed by atoms with Gasteiger partial charge in [-0.05, 0) is 18.6 Å². The molecule has 0 aliphatic carbocycles. The summed E-state index contributed by atoms with van der Waals surface area (Å²) in [4.78, 5) is 14.0. The zero-order valence-corrected chi connectivity index (χ0v) is 8.05. The van der Waals surface area contributed by atoms with Crippen molar-refractivity contribution in [2.24, 2.45) is 0 Å². The standard InChI is InChI=1S/C10H15N3O/c14-10-4-3-9(13-10)7-11-6-8-2-1-5-12-8/h1-2,5,9,11-12H,3-4,6-7H2,(H,13,14). The number of aromatic nitrogens is 1. The van der Waals surface area contributed by atoms with Crippen molar-refractivity contribution in [1.82, 2.24) is 15.6 Å². The maximum absolute atomic E-state index is 10.9. The highest BCUT2D eigenvalue weighted by Gasteiger charge is 2.19. The van der Waals surface area contributed by atoms with E-state index in [0.29, 0.717) is 12.5 Å². The van der Waals surface area contributed by atoms with Gasteiger partial charge < -0.3 is 15.6 Å². The van der Waals surface area contributed by atoms with E-state index in [9.17, 15) is 4.79 Å². The molecule has 1 amide bonds. The summed E-state index contributed by atoms with van der Waals surface area (Å²) < 4.78 is 0. The lowest BCUT2D eigenvalue weighted by Crippen LogP contribution is -2.35. The third kappa shape index (κ3) is 2.35. The topological polar surface area (TPSA) is 56.9 Å².